The molecule has 0 radical (unpaired) electrons. The van der Waals surface area contributed by atoms with Gasteiger partial charge in [-0.1, -0.05) is 18.8 Å². The third-order valence-corrected chi connectivity index (χ3v) is 3.89. The van der Waals surface area contributed by atoms with Crippen molar-refractivity contribution in [3.05, 3.63) is 29.6 Å². The van der Waals surface area contributed by atoms with Gasteiger partial charge in [-0.15, -0.1) is 0 Å². The van der Waals surface area contributed by atoms with Gasteiger partial charge in [0.15, 0.2) is 0 Å². The molecular formula is C16H20N2O2. The number of hydrogen-bond acceptors (Lipinski definition) is 3. The molecule has 4 heteroatoms. The molecule has 1 amide bonds. The highest BCUT2D eigenvalue weighted by Gasteiger charge is 2.36. The lowest BCUT2D eigenvalue weighted by Crippen LogP contribution is -2.53. The summed E-state index contributed by atoms with van der Waals surface area (Å²) in [6.07, 6.45) is 7.82. The lowest BCUT2D eigenvalue weighted by Gasteiger charge is -2.42. The Bertz CT molecular complexity index is 533. The van der Waals surface area contributed by atoms with Gasteiger partial charge in [0.1, 0.15) is 0 Å². The third kappa shape index (κ3) is 3.17. The van der Waals surface area contributed by atoms with Crippen LogP contribution in [0.3, 0.4) is 0 Å². The van der Waals surface area contributed by atoms with Crippen molar-refractivity contribution in [2.24, 2.45) is 0 Å². The SMILES string of the molecule is CCC1(NC(=O)c2ccncc2C#CCCO)CCC1. The molecule has 0 spiro atoms. The van der Waals surface area contributed by atoms with Gasteiger partial charge in [-0.2, -0.15) is 0 Å². The van der Waals surface area contributed by atoms with E-state index in [1.165, 1.54) is 6.42 Å². The number of nitrogens with zero attached hydrogens (tertiary/aromatic N) is 1. The molecule has 0 aliphatic heterocycles. The number of amides is 1. The van der Waals surface area contributed by atoms with Crippen molar-refractivity contribution in [2.45, 2.75) is 44.6 Å². The van der Waals surface area contributed by atoms with Crippen molar-refractivity contribution in [2.75, 3.05) is 6.61 Å². The predicted molar refractivity (Wildman–Crippen MR) is 77.2 cm³/mol. The number of aliphatic hydroxyl groups is 1. The summed E-state index contributed by atoms with van der Waals surface area (Å²) in [6.45, 7) is 2.13. The van der Waals surface area contributed by atoms with Gasteiger partial charge in [-0.05, 0) is 31.7 Å². The summed E-state index contributed by atoms with van der Waals surface area (Å²) in [5.41, 5.74) is 1.14. The fourth-order valence-electron chi connectivity index (χ4n) is 2.38. The predicted octanol–water partition coefficient (Wildman–Crippen LogP) is 1.88. The Morgan fingerprint density at radius 2 is 2.35 bits per heavy atom. The monoisotopic (exact) mass is 272 g/mol. The van der Waals surface area contributed by atoms with Gasteiger partial charge < -0.3 is 10.4 Å². The summed E-state index contributed by atoms with van der Waals surface area (Å²) in [5.74, 6) is 5.65. The van der Waals surface area contributed by atoms with Gasteiger partial charge in [-0.3, -0.25) is 9.78 Å². The van der Waals surface area contributed by atoms with Crippen LogP contribution < -0.4 is 5.32 Å². The molecule has 106 valence electrons. The zero-order chi connectivity index (χ0) is 14.4. The number of aromatic nitrogens is 1. The van der Waals surface area contributed by atoms with E-state index in [0.29, 0.717) is 17.5 Å². The summed E-state index contributed by atoms with van der Waals surface area (Å²) >= 11 is 0. The summed E-state index contributed by atoms with van der Waals surface area (Å²) in [5, 5.41) is 11.9. The van der Waals surface area contributed by atoms with E-state index in [1.54, 1.807) is 18.5 Å². The second-order valence-electron chi connectivity index (χ2n) is 5.14. The summed E-state index contributed by atoms with van der Waals surface area (Å²) in [4.78, 5) is 16.4. The van der Waals surface area contributed by atoms with Crippen LogP contribution in [-0.4, -0.2) is 28.1 Å². The minimum Gasteiger partial charge on any atom is -0.395 e. The summed E-state index contributed by atoms with van der Waals surface area (Å²) in [7, 11) is 0. The second kappa shape index (κ2) is 6.53. The zero-order valence-electron chi connectivity index (χ0n) is 11.8. The maximum atomic E-state index is 12.4. The number of nitrogens with one attached hydrogen (secondary N) is 1. The van der Waals surface area contributed by atoms with Gasteiger partial charge in [-0.25, -0.2) is 0 Å². The highest BCUT2D eigenvalue weighted by Crippen LogP contribution is 2.34. The standard InChI is InChI=1S/C16H20N2O2/c1-2-16(8-5-9-16)18-15(20)14-7-10-17-12-13(14)6-3-4-11-19/h7,10,12,19H,2,4-5,8-9,11H2,1H3,(H,18,20). The molecule has 1 saturated carbocycles. The maximum absolute atomic E-state index is 12.4. The lowest BCUT2D eigenvalue weighted by atomic mass is 9.74. The van der Waals surface area contributed by atoms with Crippen molar-refractivity contribution in [3.63, 3.8) is 0 Å². The van der Waals surface area contributed by atoms with Crippen molar-refractivity contribution in [1.29, 1.82) is 0 Å². The number of carbonyl (C=O) groups excluding carboxylic acids is 1. The Morgan fingerprint density at radius 1 is 1.55 bits per heavy atom. The molecule has 0 saturated heterocycles. The van der Waals surface area contributed by atoms with Crippen LogP contribution >= 0.6 is 0 Å². The zero-order valence-corrected chi connectivity index (χ0v) is 11.8. The molecule has 1 heterocycles. The molecular weight excluding hydrogens is 252 g/mol. The Kier molecular flexibility index (Phi) is 4.75. The fourth-order valence-corrected chi connectivity index (χ4v) is 2.38. The van der Waals surface area contributed by atoms with E-state index in [9.17, 15) is 4.79 Å². The Hall–Kier alpha value is -1.86. The number of carbonyl (C=O) groups is 1. The highest BCUT2D eigenvalue weighted by atomic mass is 16.2. The average molecular weight is 272 g/mol. The summed E-state index contributed by atoms with van der Waals surface area (Å²) < 4.78 is 0. The van der Waals surface area contributed by atoms with Crippen LogP contribution in [0.15, 0.2) is 18.5 Å². The van der Waals surface area contributed by atoms with E-state index in [-0.39, 0.29) is 18.1 Å². The van der Waals surface area contributed by atoms with Gasteiger partial charge in [0, 0.05) is 24.4 Å². The minimum atomic E-state index is -0.0813. The first-order chi connectivity index (χ1) is 9.71. The average Bonchev–Trinajstić information content (AvgIpc) is 2.43. The van der Waals surface area contributed by atoms with E-state index in [4.69, 9.17) is 5.11 Å². The molecule has 0 atom stereocenters. The van der Waals surface area contributed by atoms with Crippen molar-refractivity contribution < 1.29 is 9.90 Å². The van der Waals surface area contributed by atoms with E-state index in [0.717, 1.165) is 19.3 Å². The molecule has 1 fully saturated rings. The molecule has 20 heavy (non-hydrogen) atoms. The van der Waals surface area contributed by atoms with Gasteiger partial charge >= 0.3 is 0 Å². The molecule has 0 unspecified atom stereocenters. The Labute approximate surface area is 119 Å². The molecule has 1 aliphatic carbocycles. The number of rotatable bonds is 4. The van der Waals surface area contributed by atoms with E-state index in [1.807, 2.05) is 0 Å². The van der Waals surface area contributed by atoms with Crippen LogP contribution in [0.1, 0.15) is 54.9 Å². The minimum absolute atomic E-state index is 0.0216. The molecule has 2 rings (SSSR count). The van der Waals surface area contributed by atoms with E-state index in [2.05, 4.69) is 29.1 Å². The fraction of sp³-hybridized carbons (Fsp3) is 0.500. The Morgan fingerprint density at radius 3 is 2.95 bits per heavy atom. The molecule has 4 nitrogen and oxygen atoms in total. The van der Waals surface area contributed by atoms with Crippen LogP contribution in [0.5, 0.6) is 0 Å². The van der Waals surface area contributed by atoms with Crippen molar-refractivity contribution >= 4 is 5.91 Å². The topological polar surface area (TPSA) is 62.2 Å². The highest BCUT2D eigenvalue weighted by molar-refractivity contribution is 5.97. The number of aliphatic hydroxyl groups excluding tert-OH is 1. The number of hydrogen-bond donors (Lipinski definition) is 2. The van der Waals surface area contributed by atoms with Crippen LogP contribution in [0.25, 0.3) is 0 Å². The molecule has 1 aromatic rings. The summed E-state index contributed by atoms with van der Waals surface area (Å²) in [6, 6.07) is 1.69. The number of pyridine rings is 1. The first-order valence-electron chi connectivity index (χ1n) is 7.07. The molecule has 1 aromatic heterocycles. The molecule has 0 aromatic carbocycles. The van der Waals surface area contributed by atoms with Crippen molar-refractivity contribution in [3.8, 4) is 11.8 Å². The van der Waals surface area contributed by atoms with Gasteiger partial charge in [0.25, 0.3) is 5.91 Å². The van der Waals surface area contributed by atoms with Crippen molar-refractivity contribution in [1.82, 2.24) is 10.3 Å². The quantitative estimate of drug-likeness (QED) is 0.823. The molecule has 0 bridgehead atoms. The molecule has 1 aliphatic rings. The van der Waals surface area contributed by atoms with E-state index >= 15 is 0 Å². The van der Waals surface area contributed by atoms with Crippen LogP contribution in [-0.2, 0) is 0 Å². The first kappa shape index (κ1) is 14.5. The third-order valence-electron chi connectivity index (χ3n) is 3.89. The van der Waals surface area contributed by atoms with Crippen LogP contribution in [0, 0.1) is 11.8 Å². The smallest absolute Gasteiger partial charge is 0.253 e. The van der Waals surface area contributed by atoms with Crippen LogP contribution in [0.4, 0.5) is 0 Å². The molecule has 2 N–H and O–H groups in total. The van der Waals surface area contributed by atoms with Gasteiger partial charge in [0.05, 0.1) is 17.7 Å². The Balaban J connectivity index is 2.16. The second-order valence-corrected chi connectivity index (χ2v) is 5.14. The normalized spacial score (nSPS) is 15.7. The van der Waals surface area contributed by atoms with Gasteiger partial charge in [0.2, 0.25) is 0 Å². The largest absolute Gasteiger partial charge is 0.395 e. The first-order valence-corrected chi connectivity index (χ1v) is 7.07. The lowest BCUT2D eigenvalue weighted by molar-refractivity contribution is 0.0820. The van der Waals surface area contributed by atoms with E-state index < -0.39 is 0 Å². The maximum Gasteiger partial charge on any atom is 0.253 e. The van der Waals surface area contributed by atoms with Crippen LogP contribution in [0.2, 0.25) is 0 Å².